The minimum atomic E-state index is -0.535. The molecule has 0 atom stereocenters. The Labute approximate surface area is 113 Å². The molecule has 17 heavy (non-hydrogen) atoms. The van der Waals surface area contributed by atoms with Crippen LogP contribution >= 0.6 is 34.8 Å². The fourth-order valence-electron chi connectivity index (χ4n) is 1.09. The van der Waals surface area contributed by atoms with E-state index in [9.17, 15) is 9.59 Å². The van der Waals surface area contributed by atoms with E-state index in [1.54, 1.807) is 0 Å². The van der Waals surface area contributed by atoms with Gasteiger partial charge >= 0.3 is 0 Å². The van der Waals surface area contributed by atoms with E-state index in [0.717, 1.165) is 0 Å². The van der Waals surface area contributed by atoms with Gasteiger partial charge in [-0.05, 0) is 12.1 Å². The average Bonchev–Trinajstić information content (AvgIpc) is 2.23. The van der Waals surface area contributed by atoms with E-state index in [4.69, 9.17) is 40.5 Å². The van der Waals surface area contributed by atoms with Crippen LogP contribution < -0.4 is 11.1 Å². The van der Waals surface area contributed by atoms with Crippen molar-refractivity contribution in [1.29, 1.82) is 0 Å². The number of benzene rings is 1. The molecule has 0 aromatic heterocycles. The summed E-state index contributed by atoms with van der Waals surface area (Å²) in [5.74, 6) is -0.884. The summed E-state index contributed by atoms with van der Waals surface area (Å²) in [5, 5.41) is 3.24. The normalized spacial score (nSPS) is 10.1. The van der Waals surface area contributed by atoms with E-state index in [2.05, 4.69) is 5.32 Å². The highest BCUT2D eigenvalue weighted by molar-refractivity contribution is 6.48. The standard InChI is InChI=1S/C10H9Cl3N2O2/c11-6-3-5(4-7(12)10(6)13)15-9(17)2-1-8(14)16/h3-4H,1-2H2,(H2,14,16)(H,15,17). The molecule has 0 spiro atoms. The van der Waals surface area contributed by atoms with E-state index in [0.29, 0.717) is 5.69 Å². The zero-order chi connectivity index (χ0) is 13.0. The van der Waals surface area contributed by atoms with E-state index in [1.807, 2.05) is 0 Å². The van der Waals surface area contributed by atoms with Crippen molar-refractivity contribution in [1.82, 2.24) is 0 Å². The first-order chi connectivity index (χ1) is 7.90. The molecule has 2 amide bonds. The Morgan fingerprint density at radius 3 is 2.12 bits per heavy atom. The minimum absolute atomic E-state index is 0.00714. The fourth-order valence-corrected chi connectivity index (χ4v) is 1.68. The lowest BCUT2D eigenvalue weighted by atomic mass is 10.2. The second-order valence-corrected chi connectivity index (χ2v) is 4.46. The molecule has 0 heterocycles. The Kier molecular flexibility index (Phi) is 5.05. The molecule has 3 N–H and O–H groups in total. The molecule has 0 aliphatic heterocycles. The number of primary amides is 1. The van der Waals surface area contributed by atoms with E-state index < -0.39 is 5.91 Å². The lowest BCUT2D eigenvalue weighted by Gasteiger charge is -2.07. The monoisotopic (exact) mass is 294 g/mol. The molecule has 0 radical (unpaired) electrons. The number of hydrogen-bond acceptors (Lipinski definition) is 2. The summed E-state index contributed by atoms with van der Waals surface area (Å²) < 4.78 is 0. The first kappa shape index (κ1) is 14.1. The predicted molar refractivity (Wildman–Crippen MR) is 68.5 cm³/mol. The van der Waals surface area contributed by atoms with Crippen LogP contribution in [0.2, 0.25) is 15.1 Å². The third kappa shape index (κ3) is 4.42. The van der Waals surface area contributed by atoms with Crippen LogP contribution in [0.3, 0.4) is 0 Å². The first-order valence-electron chi connectivity index (χ1n) is 4.63. The third-order valence-corrected chi connectivity index (χ3v) is 3.06. The third-order valence-electron chi connectivity index (χ3n) is 1.87. The van der Waals surface area contributed by atoms with Crippen molar-refractivity contribution in [3.63, 3.8) is 0 Å². The van der Waals surface area contributed by atoms with Gasteiger partial charge in [-0.2, -0.15) is 0 Å². The summed E-state index contributed by atoms with van der Waals surface area (Å²) in [5.41, 5.74) is 5.34. The highest BCUT2D eigenvalue weighted by Crippen LogP contribution is 2.33. The zero-order valence-electron chi connectivity index (χ0n) is 8.60. The largest absolute Gasteiger partial charge is 0.370 e. The number of halogens is 3. The molecule has 0 saturated heterocycles. The Balaban J connectivity index is 2.69. The number of nitrogens with one attached hydrogen (secondary N) is 1. The van der Waals surface area contributed by atoms with Crippen LogP contribution in [0.5, 0.6) is 0 Å². The van der Waals surface area contributed by atoms with Crippen molar-refractivity contribution in [2.45, 2.75) is 12.8 Å². The summed E-state index contributed by atoms with van der Waals surface area (Å²) in [6.45, 7) is 0. The Morgan fingerprint density at radius 2 is 1.65 bits per heavy atom. The van der Waals surface area contributed by atoms with Gasteiger partial charge in [0.25, 0.3) is 0 Å². The van der Waals surface area contributed by atoms with E-state index >= 15 is 0 Å². The maximum Gasteiger partial charge on any atom is 0.224 e. The van der Waals surface area contributed by atoms with E-state index in [-0.39, 0.29) is 33.8 Å². The van der Waals surface area contributed by atoms with Gasteiger partial charge in [0, 0.05) is 18.5 Å². The second-order valence-electron chi connectivity index (χ2n) is 3.27. The van der Waals surface area contributed by atoms with Crippen molar-refractivity contribution in [3.8, 4) is 0 Å². The van der Waals surface area contributed by atoms with Crippen LogP contribution in [0.25, 0.3) is 0 Å². The number of hydrogen-bond donors (Lipinski definition) is 2. The van der Waals surface area contributed by atoms with Gasteiger partial charge in [0.1, 0.15) is 0 Å². The summed E-state index contributed by atoms with van der Waals surface area (Å²) in [6, 6.07) is 2.94. The number of carbonyl (C=O) groups excluding carboxylic acids is 2. The fraction of sp³-hybridized carbons (Fsp3) is 0.200. The first-order valence-corrected chi connectivity index (χ1v) is 5.76. The molecule has 0 fully saturated rings. The van der Waals surface area contributed by atoms with Gasteiger partial charge in [-0.25, -0.2) is 0 Å². The summed E-state index contributed by atoms with van der Waals surface area (Å²) >= 11 is 17.3. The van der Waals surface area contributed by atoms with Crippen LogP contribution in [-0.4, -0.2) is 11.8 Å². The quantitative estimate of drug-likeness (QED) is 0.838. The maximum atomic E-state index is 11.4. The van der Waals surface area contributed by atoms with Crippen LogP contribution in [0.4, 0.5) is 5.69 Å². The molecule has 0 saturated carbocycles. The molecule has 0 aliphatic rings. The molecule has 1 aromatic carbocycles. The van der Waals surface area contributed by atoms with Gasteiger partial charge in [-0.1, -0.05) is 34.8 Å². The zero-order valence-corrected chi connectivity index (χ0v) is 10.9. The Morgan fingerprint density at radius 1 is 1.12 bits per heavy atom. The number of carbonyl (C=O) groups is 2. The second kappa shape index (κ2) is 6.10. The van der Waals surface area contributed by atoms with Crippen LogP contribution in [-0.2, 0) is 9.59 Å². The summed E-state index contributed by atoms with van der Waals surface area (Å²) in [7, 11) is 0. The van der Waals surface area contributed by atoms with Gasteiger partial charge in [-0.15, -0.1) is 0 Å². The van der Waals surface area contributed by atoms with Gasteiger partial charge in [-0.3, -0.25) is 9.59 Å². The topological polar surface area (TPSA) is 72.2 Å². The molecular weight excluding hydrogens is 286 g/mol. The molecule has 7 heteroatoms. The smallest absolute Gasteiger partial charge is 0.224 e. The highest BCUT2D eigenvalue weighted by atomic mass is 35.5. The highest BCUT2D eigenvalue weighted by Gasteiger charge is 2.09. The van der Waals surface area contributed by atoms with Crippen molar-refractivity contribution < 1.29 is 9.59 Å². The van der Waals surface area contributed by atoms with Crippen molar-refractivity contribution >= 4 is 52.3 Å². The molecule has 0 unspecified atom stereocenters. The van der Waals surface area contributed by atoms with Crippen molar-refractivity contribution in [2.24, 2.45) is 5.73 Å². The minimum Gasteiger partial charge on any atom is -0.370 e. The van der Waals surface area contributed by atoms with Crippen molar-refractivity contribution in [3.05, 3.63) is 27.2 Å². The molecule has 0 aliphatic carbocycles. The average molecular weight is 296 g/mol. The molecular formula is C10H9Cl3N2O2. The number of nitrogens with two attached hydrogens (primary N) is 1. The van der Waals surface area contributed by atoms with Crippen molar-refractivity contribution in [2.75, 3.05) is 5.32 Å². The van der Waals surface area contributed by atoms with Gasteiger partial charge in [0.05, 0.1) is 15.1 Å². The lowest BCUT2D eigenvalue weighted by molar-refractivity contribution is -0.122. The summed E-state index contributed by atoms with van der Waals surface area (Å²) in [4.78, 5) is 21.9. The predicted octanol–water partition coefficient (Wildman–Crippen LogP) is 2.85. The molecule has 92 valence electrons. The molecule has 1 aromatic rings. The van der Waals surface area contributed by atoms with E-state index in [1.165, 1.54) is 12.1 Å². The molecule has 4 nitrogen and oxygen atoms in total. The van der Waals surface area contributed by atoms with Crippen LogP contribution in [0.1, 0.15) is 12.8 Å². The van der Waals surface area contributed by atoms with Gasteiger partial charge < -0.3 is 11.1 Å². The Bertz CT molecular complexity index is 440. The maximum absolute atomic E-state index is 11.4. The number of amides is 2. The van der Waals surface area contributed by atoms with Crippen LogP contribution in [0, 0.1) is 0 Å². The van der Waals surface area contributed by atoms with Crippen LogP contribution in [0.15, 0.2) is 12.1 Å². The van der Waals surface area contributed by atoms with Gasteiger partial charge in [0.2, 0.25) is 11.8 Å². The number of anilines is 1. The number of rotatable bonds is 4. The Hall–Kier alpha value is -0.970. The molecule has 1 rings (SSSR count). The van der Waals surface area contributed by atoms with Gasteiger partial charge in [0.15, 0.2) is 0 Å². The summed E-state index contributed by atoms with van der Waals surface area (Å²) in [6.07, 6.45) is -0.00587. The molecule has 0 bridgehead atoms. The SMILES string of the molecule is NC(=O)CCC(=O)Nc1cc(Cl)c(Cl)c(Cl)c1. The lowest BCUT2D eigenvalue weighted by Crippen LogP contribution is -2.17.